The molecule has 1 heterocycles. The predicted octanol–water partition coefficient (Wildman–Crippen LogP) is 2.74. The van der Waals surface area contributed by atoms with Crippen LogP contribution >= 0.6 is 0 Å². The van der Waals surface area contributed by atoms with Crippen LogP contribution in [0.5, 0.6) is 11.5 Å². The number of nitrogens with one attached hydrogen (secondary N) is 1. The molecule has 7 nitrogen and oxygen atoms in total. The van der Waals surface area contributed by atoms with Gasteiger partial charge in [-0.1, -0.05) is 38.1 Å². The first kappa shape index (κ1) is 21.0. The van der Waals surface area contributed by atoms with Gasteiger partial charge in [0.1, 0.15) is 5.57 Å². The van der Waals surface area contributed by atoms with Crippen LogP contribution < -0.4 is 19.9 Å². The second-order valence-corrected chi connectivity index (χ2v) is 7.04. The Labute approximate surface area is 174 Å². The molecule has 0 aromatic heterocycles. The van der Waals surface area contributed by atoms with Crippen LogP contribution in [0, 0.1) is 5.92 Å². The summed E-state index contributed by atoms with van der Waals surface area (Å²) in [4.78, 5) is 24.1. The van der Waals surface area contributed by atoms with E-state index in [4.69, 9.17) is 14.2 Å². The number of benzene rings is 2. The number of Topliss-reactive ketones (excluding diaryl/α,β-unsaturated/α-hetero) is 1. The van der Waals surface area contributed by atoms with Crippen LogP contribution in [0.25, 0.3) is 6.08 Å². The number of carboxylic acids is 1. The van der Waals surface area contributed by atoms with E-state index < -0.39 is 17.3 Å². The standard InChI is InChI=1S/C23H23NO6/c1-14(2)13-29-18-11-15(9-10-17(18)28-3)12-19-21(25)20(23(26)27)22(30-19)24-16-7-5-4-6-8-16/h4-12,14,24H,13H2,1-3H3,(H,26,27)/p-1/b19-12-. The van der Waals surface area contributed by atoms with E-state index in [9.17, 15) is 14.7 Å². The lowest BCUT2D eigenvalue weighted by Crippen LogP contribution is -2.28. The molecule has 0 unspecified atom stereocenters. The Morgan fingerprint density at radius 2 is 1.90 bits per heavy atom. The number of para-hydroxylation sites is 1. The lowest BCUT2D eigenvalue weighted by Gasteiger charge is -2.13. The van der Waals surface area contributed by atoms with Gasteiger partial charge in [0.05, 0.1) is 19.7 Å². The molecular formula is C23H22NO6-. The molecule has 1 aliphatic rings. The van der Waals surface area contributed by atoms with Crippen molar-refractivity contribution in [1.82, 2.24) is 0 Å². The highest BCUT2D eigenvalue weighted by atomic mass is 16.5. The minimum atomic E-state index is -1.61. The summed E-state index contributed by atoms with van der Waals surface area (Å²) in [6.07, 6.45) is 1.45. The first-order chi connectivity index (χ1) is 14.4. The van der Waals surface area contributed by atoms with Crippen molar-refractivity contribution in [3.05, 3.63) is 71.3 Å². The quantitative estimate of drug-likeness (QED) is 0.530. The summed E-state index contributed by atoms with van der Waals surface area (Å²) < 4.78 is 16.6. The number of rotatable bonds is 8. The van der Waals surface area contributed by atoms with Crippen molar-refractivity contribution >= 4 is 23.5 Å². The maximum absolute atomic E-state index is 12.6. The summed E-state index contributed by atoms with van der Waals surface area (Å²) in [5.74, 6) is -1.31. The second kappa shape index (κ2) is 9.17. The highest BCUT2D eigenvalue weighted by Crippen LogP contribution is 2.32. The molecule has 2 aromatic carbocycles. The number of ketones is 1. The lowest BCUT2D eigenvalue weighted by molar-refractivity contribution is -0.298. The highest BCUT2D eigenvalue weighted by Gasteiger charge is 2.32. The monoisotopic (exact) mass is 408 g/mol. The Morgan fingerprint density at radius 1 is 1.17 bits per heavy atom. The number of allylic oxidation sites excluding steroid dienone is 1. The van der Waals surface area contributed by atoms with Gasteiger partial charge in [-0.15, -0.1) is 0 Å². The first-order valence-corrected chi connectivity index (χ1v) is 9.41. The minimum absolute atomic E-state index is 0.132. The van der Waals surface area contributed by atoms with Crippen molar-refractivity contribution in [3.63, 3.8) is 0 Å². The van der Waals surface area contributed by atoms with Crippen molar-refractivity contribution in [3.8, 4) is 11.5 Å². The van der Waals surface area contributed by atoms with Crippen LogP contribution in [0.1, 0.15) is 19.4 Å². The van der Waals surface area contributed by atoms with Gasteiger partial charge in [-0.25, -0.2) is 0 Å². The van der Waals surface area contributed by atoms with Crippen LogP contribution in [-0.2, 0) is 14.3 Å². The fourth-order valence-corrected chi connectivity index (χ4v) is 2.76. The summed E-state index contributed by atoms with van der Waals surface area (Å²) in [6.45, 7) is 4.54. The summed E-state index contributed by atoms with van der Waals surface area (Å²) in [7, 11) is 1.54. The number of anilines is 1. The third-order valence-electron chi connectivity index (χ3n) is 4.18. The van der Waals surface area contributed by atoms with Gasteiger partial charge in [0.2, 0.25) is 11.7 Å². The number of carboxylic acid groups (broad SMARTS) is 1. The number of hydrogen-bond acceptors (Lipinski definition) is 7. The number of hydrogen-bond donors (Lipinski definition) is 1. The summed E-state index contributed by atoms with van der Waals surface area (Å²) in [6, 6.07) is 13.9. The van der Waals surface area contributed by atoms with Gasteiger partial charge in [-0.3, -0.25) is 4.79 Å². The molecule has 3 rings (SSSR count). The Morgan fingerprint density at radius 3 is 2.53 bits per heavy atom. The Balaban J connectivity index is 1.88. The lowest BCUT2D eigenvalue weighted by atomic mass is 10.1. The van der Waals surface area contributed by atoms with Crippen molar-refractivity contribution in [1.29, 1.82) is 0 Å². The van der Waals surface area contributed by atoms with E-state index in [-0.39, 0.29) is 11.6 Å². The van der Waals surface area contributed by atoms with E-state index in [1.165, 1.54) is 13.2 Å². The number of carbonyl (C=O) groups is 2. The van der Waals surface area contributed by atoms with Crippen LogP contribution in [0.2, 0.25) is 0 Å². The molecule has 0 fully saturated rings. The smallest absolute Gasteiger partial charge is 0.235 e. The van der Waals surface area contributed by atoms with E-state index in [1.807, 2.05) is 19.9 Å². The number of carbonyl (C=O) groups excluding carboxylic acids is 2. The van der Waals surface area contributed by atoms with Gasteiger partial charge < -0.3 is 29.4 Å². The third-order valence-corrected chi connectivity index (χ3v) is 4.18. The average molecular weight is 408 g/mol. The van der Waals surface area contributed by atoms with Gasteiger partial charge in [-0.05, 0) is 41.8 Å². The predicted molar refractivity (Wildman–Crippen MR) is 109 cm³/mol. The van der Waals surface area contributed by atoms with Crippen LogP contribution in [-0.4, -0.2) is 25.5 Å². The van der Waals surface area contributed by atoms with Crippen LogP contribution in [0.3, 0.4) is 0 Å². The Hall–Kier alpha value is -3.74. The van der Waals surface area contributed by atoms with Crippen molar-refractivity contribution in [2.24, 2.45) is 5.92 Å². The molecule has 1 aliphatic heterocycles. The molecule has 0 saturated heterocycles. The number of aliphatic carboxylic acids is 1. The fourth-order valence-electron chi connectivity index (χ4n) is 2.76. The van der Waals surface area contributed by atoms with Gasteiger partial charge in [0.15, 0.2) is 17.3 Å². The second-order valence-electron chi connectivity index (χ2n) is 7.04. The van der Waals surface area contributed by atoms with E-state index in [0.717, 1.165) is 0 Å². The molecule has 0 atom stereocenters. The summed E-state index contributed by atoms with van der Waals surface area (Å²) in [5, 5.41) is 14.3. The van der Waals surface area contributed by atoms with Crippen molar-refractivity contribution in [2.75, 3.05) is 19.0 Å². The van der Waals surface area contributed by atoms with Gasteiger partial charge in [-0.2, -0.15) is 0 Å². The topological polar surface area (TPSA) is 96.9 Å². The number of methoxy groups -OCH3 is 1. The van der Waals surface area contributed by atoms with Crippen molar-refractivity contribution < 1.29 is 28.9 Å². The molecule has 1 N–H and O–H groups in total. The van der Waals surface area contributed by atoms with E-state index in [1.54, 1.807) is 42.5 Å². The minimum Gasteiger partial charge on any atom is -0.544 e. The molecule has 0 saturated carbocycles. The molecule has 156 valence electrons. The maximum atomic E-state index is 12.6. The van der Waals surface area contributed by atoms with Crippen LogP contribution in [0.15, 0.2) is 65.7 Å². The van der Waals surface area contributed by atoms with E-state index in [2.05, 4.69) is 5.32 Å². The normalized spacial score (nSPS) is 14.8. The van der Waals surface area contributed by atoms with Gasteiger partial charge in [0.25, 0.3) is 0 Å². The molecule has 30 heavy (non-hydrogen) atoms. The largest absolute Gasteiger partial charge is 0.544 e. The number of ether oxygens (including phenoxy) is 3. The zero-order valence-electron chi connectivity index (χ0n) is 16.9. The third kappa shape index (κ3) is 4.81. The zero-order chi connectivity index (χ0) is 21.7. The molecular weight excluding hydrogens is 386 g/mol. The van der Waals surface area contributed by atoms with E-state index >= 15 is 0 Å². The van der Waals surface area contributed by atoms with Crippen LogP contribution in [0.4, 0.5) is 5.69 Å². The first-order valence-electron chi connectivity index (χ1n) is 9.41. The Bertz CT molecular complexity index is 1010. The molecule has 0 bridgehead atoms. The van der Waals surface area contributed by atoms with E-state index in [0.29, 0.717) is 35.3 Å². The zero-order valence-corrected chi connectivity index (χ0v) is 16.9. The summed E-state index contributed by atoms with van der Waals surface area (Å²) >= 11 is 0. The fraction of sp³-hybridized carbons (Fsp3) is 0.217. The molecule has 0 radical (unpaired) electrons. The Kier molecular flexibility index (Phi) is 6.41. The molecule has 0 amide bonds. The molecule has 2 aromatic rings. The van der Waals surface area contributed by atoms with Crippen molar-refractivity contribution in [2.45, 2.75) is 13.8 Å². The molecule has 0 spiro atoms. The maximum Gasteiger partial charge on any atom is 0.235 e. The van der Waals surface area contributed by atoms with Gasteiger partial charge in [0, 0.05) is 5.69 Å². The average Bonchev–Trinajstić information content (AvgIpc) is 3.02. The molecule has 7 heteroatoms. The van der Waals surface area contributed by atoms with Gasteiger partial charge >= 0.3 is 0 Å². The summed E-state index contributed by atoms with van der Waals surface area (Å²) in [5.41, 5.74) is 0.612. The molecule has 0 aliphatic carbocycles. The highest BCUT2D eigenvalue weighted by molar-refractivity contribution is 6.25. The SMILES string of the molecule is COc1ccc(/C=C2\OC(Nc3ccccc3)=C(C(=O)[O-])C2=O)cc1OCC(C)C.